The number of carbonyl (C=O) groups excluding carboxylic acids is 3. The van der Waals surface area contributed by atoms with E-state index in [-0.39, 0.29) is 30.7 Å². The van der Waals surface area contributed by atoms with Crippen LogP contribution in [0.1, 0.15) is 63.5 Å². The van der Waals surface area contributed by atoms with Crippen LogP contribution in [0.25, 0.3) is 0 Å². The van der Waals surface area contributed by atoms with Gasteiger partial charge in [0.2, 0.25) is 0 Å². The molecule has 0 radical (unpaired) electrons. The van der Waals surface area contributed by atoms with E-state index in [2.05, 4.69) is 27.4 Å². The van der Waals surface area contributed by atoms with Crippen LogP contribution in [0.15, 0.2) is 66.7 Å². The van der Waals surface area contributed by atoms with E-state index < -0.39 is 66.2 Å². The minimum absolute atomic E-state index is 0.124. The fraction of sp³-hybridized carbons (Fsp3) is 0.556. The number of aliphatic hydroxyl groups is 1. The first-order valence-electron chi connectivity index (χ1n) is 16.6. The molecule has 1 spiro atoms. The van der Waals surface area contributed by atoms with Crippen LogP contribution in [-0.2, 0) is 35.0 Å². The molecule has 1 saturated heterocycles. The summed E-state index contributed by atoms with van der Waals surface area (Å²) in [4.78, 5) is 46.3. The topological polar surface area (TPSA) is 158 Å². The first kappa shape index (κ1) is 35.3. The molecule has 2 aliphatic heterocycles. The zero-order valence-corrected chi connectivity index (χ0v) is 28.3. The molecule has 11 atom stereocenters. The highest BCUT2D eigenvalue weighted by molar-refractivity contribution is 5.87. The van der Waals surface area contributed by atoms with Crippen LogP contribution in [0.2, 0.25) is 0 Å². The van der Waals surface area contributed by atoms with Gasteiger partial charge in [0.15, 0.2) is 6.10 Å². The van der Waals surface area contributed by atoms with Gasteiger partial charge < -0.3 is 39.1 Å². The number of aliphatic hydroxyl groups excluding tert-OH is 1. The minimum atomic E-state index is -0.915. The van der Waals surface area contributed by atoms with Crippen molar-refractivity contribution >= 4 is 18.0 Å². The molecule has 12 heteroatoms. The van der Waals surface area contributed by atoms with E-state index in [1.165, 1.54) is 7.11 Å². The van der Waals surface area contributed by atoms with Crippen molar-refractivity contribution in [1.82, 2.24) is 15.3 Å². The number of fused-ring (bicyclic) bond motifs is 1. The number of nitrogens with zero attached hydrogens (tertiary/aromatic N) is 1. The van der Waals surface area contributed by atoms with Gasteiger partial charge in [-0.1, -0.05) is 32.1 Å². The lowest BCUT2D eigenvalue weighted by Gasteiger charge is -2.41. The Balaban J connectivity index is 1.41. The summed E-state index contributed by atoms with van der Waals surface area (Å²) >= 11 is 0. The molecule has 2 aromatic heterocycles. The first-order chi connectivity index (χ1) is 22.9. The van der Waals surface area contributed by atoms with Gasteiger partial charge in [0.05, 0.1) is 11.7 Å². The summed E-state index contributed by atoms with van der Waals surface area (Å²) in [5.41, 5.74) is 1.24. The molecule has 260 valence electrons. The second kappa shape index (κ2) is 15.0. The zero-order chi connectivity index (χ0) is 34.6. The maximum absolute atomic E-state index is 13.6. The number of hydrogen-bond acceptors (Lipinski definition) is 10. The minimum Gasteiger partial charge on any atom is -0.456 e. The smallest absolute Gasteiger partial charge is 0.407 e. The van der Waals surface area contributed by atoms with Crippen LogP contribution in [0.5, 0.6) is 0 Å². The second-order valence-corrected chi connectivity index (χ2v) is 13.3. The Kier molecular flexibility index (Phi) is 11.1. The third-order valence-corrected chi connectivity index (χ3v) is 10.1. The number of H-pyrrole nitrogens is 1. The molecule has 0 unspecified atom stereocenters. The monoisotopic (exact) mass is 665 g/mol. The third kappa shape index (κ3) is 7.50. The molecule has 0 saturated carbocycles. The van der Waals surface area contributed by atoms with Crippen molar-refractivity contribution in [1.29, 1.82) is 0 Å². The molecule has 48 heavy (non-hydrogen) atoms. The predicted octanol–water partition coefficient (Wildman–Crippen LogP) is 4.51. The van der Waals surface area contributed by atoms with Crippen LogP contribution in [0.3, 0.4) is 0 Å². The van der Waals surface area contributed by atoms with Crippen molar-refractivity contribution in [3.05, 3.63) is 77.9 Å². The molecule has 2 bridgehead atoms. The zero-order valence-electron chi connectivity index (χ0n) is 28.3. The number of carbonyl (C=O) groups is 3. The molecule has 2 aromatic rings. The van der Waals surface area contributed by atoms with Gasteiger partial charge in [0.25, 0.3) is 0 Å². The molecule has 1 amide bonds. The van der Waals surface area contributed by atoms with E-state index in [4.69, 9.17) is 23.7 Å². The summed E-state index contributed by atoms with van der Waals surface area (Å²) in [6.07, 6.45) is 6.66. The maximum Gasteiger partial charge on any atom is 0.407 e. The van der Waals surface area contributed by atoms with Gasteiger partial charge in [-0.3, -0.25) is 4.98 Å². The Labute approximate surface area is 281 Å². The normalized spacial score (nSPS) is 32.0. The molecule has 5 rings (SSSR count). The lowest BCUT2D eigenvalue weighted by atomic mass is 9.69. The molecule has 3 aliphatic rings. The van der Waals surface area contributed by atoms with Crippen LogP contribution >= 0.6 is 0 Å². The van der Waals surface area contributed by atoms with Gasteiger partial charge in [0.1, 0.15) is 30.1 Å². The van der Waals surface area contributed by atoms with Gasteiger partial charge in [-0.15, -0.1) is 0 Å². The number of alkyl carbamates (subject to hydrolysis) is 1. The van der Waals surface area contributed by atoms with Crippen LogP contribution in [-0.4, -0.2) is 82.4 Å². The van der Waals surface area contributed by atoms with Crippen LogP contribution < -0.4 is 5.32 Å². The summed E-state index contributed by atoms with van der Waals surface area (Å²) in [5, 5.41) is 13.4. The molecule has 1 fully saturated rings. The molecular weight excluding hydrogens is 618 g/mol. The van der Waals surface area contributed by atoms with Gasteiger partial charge in [-0.2, -0.15) is 0 Å². The SMILES string of the molecule is CO[C@H]1C[C@H]2C=C[C@@H]3C[C@]2(O[C@H]3[C@H](OC(=O)c2ccc[nH]2)[C@H](C)[C@H](C)O)/C(C)=C/[C@@H](C)[C@@H]([C@@H](C)OC(=O)NCc2ccncc2)OC1=O. The average molecular weight is 666 g/mol. The predicted molar refractivity (Wildman–Crippen MR) is 174 cm³/mol. The maximum atomic E-state index is 13.6. The molecule has 4 heterocycles. The number of aromatic nitrogens is 2. The number of aromatic amines is 1. The van der Waals surface area contributed by atoms with Crippen LogP contribution in [0.4, 0.5) is 4.79 Å². The number of methoxy groups -OCH3 is 1. The molecule has 0 aromatic carbocycles. The molecule has 3 N–H and O–H groups in total. The fourth-order valence-corrected chi connectivity index (χ4v) is 7.15. The van der Waals surface area contributed by atoms with Gasteiger partial charge in [-0.25, -0.2) is 14.4 Å². The highest BCUT2D eigenvalue weighted by Crippen LogP contribution is 2.53. The van der Waals surface area contributed by atoms with Crippen molar-refractivity contribution in [2.75, 3.05) is 7.11 Å². The quantitative estimate of drug-likeness (QED) is 0.187. The van der Waals surface area contributed by atoms with E-state index in [0.29, 0.717) is 12.1 Å². The standard InChI is InChI=1S/C36H47N3O9/c1-20-16-21(2)36-18-26(32(48-36)31(22(3)23(4)40)47-33(41)28-8-7-13-38-28)9-10-27(36)17-29(44-6)34(42)46-30(20)24(5)45-35(43)39-19-25-11-14-37-15-12-25/h7-16,20,22-24,26-27,29-32,38,40H,17-19H2,1-6H3,(H,39,43)/b21-16+/t20-,22-,23+,24-,26-,27-,29+,30+,31-,32-,36+/m1/s1. The molecular formula is C36H47N3O9. The Hall–Kier alpha value is -4.00. The highest BCUT2D eigenvalue weighted by atomic mass is 16.6. The largest absolute Gasteiger partial charge is 0.456 e. The lowest BCUT2D eigenvalue weighted by Crippen LogP contribution is -2.48. The Morgan fingerprint density at radius 3 is 2.56 bits per heavy atom. The second-order valence-electron chi connectivity index (χ2n) is 13.3. The Morgan fingerprint density at radius 1 is 1.15 bits per heavy atom. The number of ether oxygens (including phenoxy) is 5. The van der Waals surface area contributed by atoms with Gasteiger partial charge >= 0.3 is 18.0 Å². The lowest BCUT2D eigenvalue weighted by molar-refractivity contribution is -0.172. The average Bonchev–Trinajstić information content (AvgIpc) is 3.72. The number of nitrogens with one attached hydrogen (secondary N) is 2. The van der Waals surface area contributed by atoms with Crippen LogP contribution in [0, 0.1) is 23.7 Å². The van der Waals surface area contributed by atoms with E-state index in [0.717, 1.165) is 11.1 Å². The van der Waals surface area contributed by atoms with Crippen molar-refractivity contribution in [3.8, 4) is 0 Å². The first-order valence-corrected chi connectivity index (χ1v) is 16.6. The van der Waals surface area contributed by atoms with Gasteiger partial charge in [-0.05, 0) is 69.0 Å². The van der Waals surface area contributed by atoms with Crippen molar-refractivity contribution < 1.29 is 43.2 Å². The summed E-state index contributed by atoms with van der Waals surface area (Å²) < 4.78 is 30.5. The van der Waals surface area contributed by atoms with E-state index >= 15 is 0 Å². The summed E-state index contributed by atoms with van der Waals surface area (Å²) in [5.74, 6) is -2.29. The van der Waals surface area contributed by atoms with Crippen molar-refractivity contribution in [2.45, 2.75) is 96.2 Å². The van der Waals surface area contributed by atoms with E-state index in [1.807, 2.05) is 26.8 Å². The number of pyridine rings is 1. The number of hydrogen-bond donors (Lipinski definition) is 3. The molecule has 12 nitrogen and oxygen atoms in total. The Bertz CT molecular complexity index is 1480. The Morgan fingerprint density at radius 2 is 1.90 bits per heavy atom. The number of cyclic esters (lactones) is 1. The van der Waals surface area contributed by atoms with Crippen molar-refractivity contribution in [3.63, 3.8) is 0 Å². The summed E-state index contributed by atoms with van der Waals surface area (Å²) in [7, 11) is 1.46. The van der Waals surface area contributed by atoms with E-state index in [1.54, 1.807) is 56.7 Å². The number of rotatable bonds is 10. The van der Waals surface area contributed by atoms with Gasteiger partial charge in [0, 0.05) is 55.9 Å². The fourth-order valence-electron chi connectivity index (χ4n) is 7.15. The summed E-state index contributed by atoms with van der Waals surface area (Å²) in [6.45, 7) is 9.37. The third-order valence-electron chi connectivity index (χ3n) is 10.1. The van der Waals surface area contributed by atoms with E-state index in [9.17, 15) is 19.5 Å². The highest BCUT2D eigenvalue weighted by Gasteiger charge is 2.57. The van der Waals surface area contributed by atoms with Crippen molar-refractivity contribution in [2.24, 2.45) is 23.7 Å². The molecule has 1 aliphatic carbocycles. The summed E-state index contributed by atoms with van der Waals surface area (Å²) in [6, 6.07) is 6.94. The number of amides is 1. The number of esters is 2.